The molecule has 0 radical (unpaired) electrons. The van der Waals surface area contributed by atoms with Crippen LogP contribution in [0.2, 0.25) is 0 Å². The van der Waals surface area contributed by atoms with Crippen LogP contribution in [-0.4, -0.2) is 39.0 Å². The maximum absolute atomic E-state index is 12.5. The van der Waals surface area contributed by atoms with Crippen LogP contribution in [0.5, 0.6) is 0 Å². The average molecular weight is 483 g/mol. The average Bonchev–Trinajstić information content (AvgIpc) is 3.19. The molecule has 1 aromatic heterocycles. The molecule has 0 spiro atoms. The largest absolute Gasteiger partial charge is 0.462 e. The molecule has 0 saturated carbocycles. The first-order chi connectivity index (χ1) is 16.0. The highest BCUT2D eigenvalue weighted by atomic mass is 32.2. The van der Waals surface area contributed by atoms with Crippen molar-refractivity contribution in [2.75, 3.05) is 17.7 Å². The summed E-state index contributed by atoms with van der Waals surface area (Å²) in [5.74, 6) is 1.02. The first-order valence-electron chi connectivity index (χ1n) is 10.4. The Morgan fingerprint density at radius 2 is 1.94 bits per heavy atom. The fourth-order valence-corrected chi connectivity index (χ4v) is 4.50. The van der Waals surface area contributed by atoms with E-state index in [0.717, 1.165) is 10.7 Å². The Morgan fingerprint density at radius 3 is 2.67 bits per heavy atom. The number of thioether (sulfide) groups is 2. The van der Waals surface area contributed by atoms with E-state index in [4.69, 9.17) is 4.74 Å². The monoisotopic (exact) mass is 482 g/mol. The van der Waals surface area contributed by atoms with Gasteiger partial charge in [0.25, 0.3) is 0 Å². The minimum Gasteiger partial charge on any atom is -0.462 e. The van der Waals surface area contributed by atoms with Crippen molar-refractivity contribution in [2.24, 2.45) is 0 Å². The molecule has 0 fully saturated rings. The van der Waals surface area contributed by atoms with Gasteiger partial charge in [0.05, 0.1) is 23.7 Å². The summed E-state index contributed by atoms with van der Waals surface area (Å²) in [6, 6.07) is 15.0. The summed E-state index contributed by atoms with van der Waals surface area (Å²) in [4.78, 5) is 25.5. The molecule has 0 aliphatic carbocycles. The molecule has 0 aliphatic heterocycles. The Labute approximate surface area is 202 Å². The zero-order chi connectivity index (χ0) is 23.6. The first kappa shape index (κ1) is 24.6. The second-order valence-electron chi connectivity index (χ2n) is 7.04. The van der Waals surface area contributed by atoms with E-state index in [1.54, 1.807) is 49.0 Å². The number of anilines is 1. The summed E-state index contributed by atoms with van der Waals surface area (Å²) in [6.07, 6.45) is 1.79. The molecule has 3 rings (SSSR count). The standard InChI is InChI=1S/C24H26N4O3S2/c1-4-13-28-21(15-32-20-11-9-17(3)10-12-20)26-27-24(28)33-16-22(29)25-19-8-6-7-18(14-19)23(30)31-5-2/h4,6-12,14H,1,5,13,15-16H2,2-3H3,(H,25,29). The van der Waals surface area contributed by atoms with Crippen LogP contribution in [0.4, 0.5) is 5.69 Å². The van der Waals surface area contributed by atoms with Gasteiger partial charge in [0.15, 0.2) is 5.16 Å². The van der Waals surface area contributed by atoms with Gasteiger partial charge in [0, 0.05) is 17.1 Å². The second kappa shape index (κ2) is 12.3. The third-order valence-corrected chi connectivity index (χ3v) is 6.46. The van der Waals surface area contributed by atoms with Crippen molar-refractivity contribution in [2.45, 2.75) is 36.2 Å². The van der Waals surface area contributed by atoms with Gasteiger partial charge in [0.1, 0.15) is 5.82 Å². The van der Waals surface area contributed by atoms with Crippen molar-refractivity contribution in [3.05, 3.63) is 78.1 Å². The van der Waals surface area contributed by atoms with Gasteiger partial charge in [-0.15, -0.1) is 28.5 Å². The number of rotatable bonds is 11. The third kappa shape index (κ3) is 7.23. The second-order valence-corrected chi connectivity index (χ2v) is 9.03. The highest BCUT2D eigenvalue weighted by Crippen LogP contribution is 2.25. The number of hydrogen-bond donors (Lipinski definition) is 1. The number of carbonyl (C=O) groups is 2. The number of allylic oxidation sites excluding steroid dienone is 1. The van der Waals surface area contributed by atoms with Crippen LogP contribution in [0.25, 0.3) is 0 Å². The highest BCUT2D eigenvalue weighted by molar-refractivity contribution is 7.99. The molecule has 7 nitrogen and oxygen atoms in total. The van der Waals surface area contributed by atoms with E-state index in [0.29, 0.717) is 35.3 Å². The minimum absolute atomic E-state index is 0.157. The van der Waals surface area contributed by atoms with Crippen molar-refractivity contribution < 1.29 is 14.3 Å². The number of aromatic nitrogens is 3. The predicted octanol–water partition coefficient (Wildman–Crippen LogP) is 4.97. The molecule has 33 heavy (non-hydrogen) atoms. The lowest BCUT2D eigenvalue weighted by molar-refractivity contribution is -0.113. The van der Waals surface area contributed by atoms with Crippen LogP contribution in [0, 0.1) is 6.92 Å². The zero-order valence-electron chi connectivity index (χ0n) is 18.6. The van der Waals surface area contributed by atoms with Gasteiger partial charge in [-0.3, -0.25) is 4.79 Å². The highest BCUT2D eigenvalue weighted by Gasteiger charge is 2.15. The van der Waals surface area contributed by atoms with Crippen LogP contribution in [0.1, 0.15) is 28.7 Å². The van der Waals surface area contributed by atoms with Gasteiger partial charge in [-0.2, -0.15) is 0 Å². The number of ether oxygens (including phenoxy) is 1. The lowest BCUT2D eigenvalue weighted by Gasteiger charge is -2.09. The van der Waals surface area contributed by atoms with Crippen LogP contribution >= 0.6 is 23.5 Å². The topological polar surface area (TPSA) is 86.1 Å². The number of amides is 1. The van der Waals surface area contributed by atoms with Gasteiger partial charge < -0.3 is 14.6 Å². The molecule has 3 aromatic rings. The molecular formula is C24H26N4O3S2. The summed E-state index contributed by atoms with van der Waals surface area (Å²) in [5.41, 5.74) is 2.15. The van der Waals surface area contributed by atoms with E-state index in [1.165, 1.54) is 17.3 Å². The molecule has 2 aromatic carbocycles. The van der Waals surface area contributed by atoms with Gasteiger partial charge in [0.2, 0.25) is 5.91 Å². The summed E-state index contributed by atoms with van der Waals surface area (Å²) in [5, 5.41) is 12.1. The van der Waals surface area contributed by atoms with Gasteiger partial charge in [-0.25, -0.2) is 4.79 Å². The van der Waals surface area contributed by atoms with Crippen LogP contribution in [0.15, 0.2) is 71.2 Å². The molecule has 9 heteroatoms. The maximum Gasteiger partial charge on any atom is 0.338 e. The smallest absolute Gasteiger partial charge is 0.338 e. The maximum atomic E-state index is 12.5. The summed E-state index contributed by atoms with van der Waals surface area (Å²) in [7, 11) is 0. The van der Waals surface area contributed by atoms with E-state index in [2.05, 4.69) is 53.3 Å². The van der Waals surface area contributed by atoms with E-state index >= 15 is 0 Å². The lowest BCUT2D eigenvalue weighted by Crippen LogP contribution is -2.15. The molecule has 0 bridgehead atoms. The number of aryl methyl sites for hydroxylation is 1. The summed E-state index contributed by atoms with van der Waals surface area (Å²) in [6.45, 7) is 8.49. The summed E-state index contributed by atoms with van der Waals surface area (Å²) >= 11 is 2.99. The van der Waals surface area contributed by atoms with E-state index in [1.807, 2.05) is 4.57 Å². The number of benzene rings is 2. The van der Waals surface area contributed by atoms with Crippen LogP contribution < -0.4 is 5.32 Å². The quantitative estimate of drug-likeness (QED) is 0.234. The number of esters is 1. The fourth-order valence-electron chi connectivity index (χ4n) is 2.89. The molecule has 0 atom stereocenters. The SMILES string of the molecule is C=CCn1c(CSc2ccc(C)cc2)nnc1SCC(=O)Nc1cccc(C(=O)OCC)c1. The van der Waals surface area contributed by atoms with Crippen molar-refractivity contribution in [3.8, 4) is 0 Å². The molecule has 1 amide bonds. The van der Waals surface area contributed by atoms with E-state index in [9.17, 15) is 9.59 Å². The molecule has 1 heterocycles. The number of hydrogen-bond acceptors (Lipinski definition) is 7. The van der Waals surface area contributed by atoms with E-state index in [-0.39, 0.29) is 11.7 Å². The molecule has 0 saturated heterocycles. The Bertz CT molecular complexity index is 1110. The Morgan fingerprint density at radius 1 is 1.15 bits per heavy atom. The molecular weight excluding hydrogens is 456 g/mol. The third-order valence-electron chi connectivity index (χ3n) is 4.48. The van der Waals surface area contributed by atoms with Crippen molar-refractivity contribution in [1.29, 1.82) is 0 Å². The minimum atomic E-state index is -0.420. The van der Waals surface area contributed by atoms with Crippen molar-refractivity contribution in [1.82, 2.24) is 14.8 Å². The summed E-state index contributed by atoms with van der Waals surface area (Å²) < 4.78 is 6.97. The zero-order valence-corrected chi connectivity index (χ0v) is 20.2. The number of nitrogens with one attached hydrogen (secondary N) is 1. The van der Waals surface area contributed by atoms with Crippen LogP contribution in [0.3, 0.4) is 0 Å². The predicted molar refractivity (Wildman–Crippen MR) is 133 cm³/mol. The lowest BCUT2D eigenvalue weighted by atomic mass is 10.2. The normalized spacial score (nSPS) is 10.6. The molecule has 172 valence electrons. The van der Waals surface area contributed by atoms with Crippen LogP contribution in [-0.2, 0) is 21.8 Å². The molecule has 1 N–H and O–H groups in total. The fraction of sp³-hybridized carbons (Fsp3) is 0.250. The van der Waals surface area contributed by atoms with Gasteiger partial charge >= 0.3 is 5.97 Å². The Hall–Kier alpha value is -3.04. The number of carbonyl (C=O) groups excluding carboxylic acids is 2. The van der Waals surface area contributed by atoms with Crippen molar-refractivity contribution in [3.63, 3.8) is 0 Å². The van der Waals surface area contributed by atoms with Crippen molar-refractivity contribution >= 4 is 41.1 Å². The number of nitrogens with zero attached hydrogens (tertiary/aromatic N) is 3. The van der Waals surface area contributed by atoms with Gasteiger partial charge in [-0.1, -0.05) is 41.6 Å². The Balaban J connectivity index is 1.59. The van der Waals surface area contributed by atoms with Gasteiger partial charge in [-0.05, 0) is 44.2 Å². The first-order valence-corrected chi connectivity index (χ1v) is 12.4. The molecule has 0 unspecified atom stereocenters. The Kier molecular flexibility index (Phi) is 9.14. The molecule has 0 aliphatic rings. The van der Waals surface area contributed by atoms with E-state index < -0.39 is 5.97 Å².